The normalized spacial score (nSPS) is 10.6. The third kappa shape index (κ3) is 7.76. The Morgan fingerprint density at radius 1 is 0.838 bits per heavy atom. The third-order valence-electron chi connectivity index (χ3n) is 5.47. The first-order chi connectivity index (χ1) is 18.0. The number of aryl methyl sites for hydroxylation is 3. The Kier molecular flexibility index (Phi) is 9.48. The van der Waals surface area contributed by atoms with E-state index >= 15 is 0 Å². The predicted molar refractivity (Wildman–Crippen MR) is 147 cm³/mol. The van der Waals surface area contributed by atoms with Crippen LogP contribution >= 0.6 is 34.5 Å². The van der Waals surface area contributed by atoms with Gasteiger partial charge < -0.3 is 4.98 Å². The zero-order chi connectivity index (χ0) is 26.0. The fraction of sp³-hybridized carbons (Fsp3) is 0.185. The zero-order valence-corrected chi connectivity index (χ0v) is 22.1. The lowest BCUT2D eigenvalue weighted by Crippen LogP contribution is -2.06. The number of nitrogens with zero attached hydrogens (tertiary/aromatic N) is 4. The van der Waals surface area contributed by atoms with Gasteiger partial charge in [0.25, 0.3) is 5.56 Å². The molecule has 0 aliphatic carbocycles. The topological polar surface area (TPSA) is 101 Å². The van der Waals surface area contributed by atoms with E-state index < -0.39 is 0 Å². The van der Waals surface area contributed by atoms with Crippen molar-refractivity contribution >= 4 is 50.7 Å². The monoisotopic (exact) mass is 551 g/mol. The first kappa shape index (κ1) is 26.6. The van der Waals surface area contributed by atoms with Gasteiger partial charge >= 0.3 is 0 Å². The molecule has 0 saturated heterocycles. The van der Waals surface area contributed by atoms with E-state index in [0.29, 0.717) is 28.8 Å². The molecule has 2 aromatic carbocycles. The van der Waals surface area contributed by atoms with Crippen LogP contribution in [0.1, 0.15) is 28.1 Å². The van der Waals surface area contributed by atoms with Gasteiger partial charge in [-0.3, -0.25) is 9.59 Å². The van der Waals surface area contributed by atoms with Gasteiger partial charge in [-0.25, -0.2) is 19.9 Å². The lowest BCUT2D eigenvalue weighted by molar-refractivity contribution is -0.118. The maximum atomic E-state index is 11.9. The molecule has 3 heterocycles. The highest BCUT2D eigenvalue weighted by molar-refractivity contribution is 7.18. The molecular formula is C27H23Cl2N5O2S. The first-order valence-electron chi connectivity index (χ1n) is 11.6. The van der Waals surface area contributed by atoms with Crippen LogP contribution in [0.2, 0.25) is 10.3 Å². The molecule has 0 aliphatic rings. The van der Waals surface area contributed by atoms with Crippen molar-refractivity contribution in [3.63, 3.8) is 0 Å². The Morgan fingerprint density at radius 3 is 2.08 bits per heavy atom. The Labute approximate surface area is 227 Å². The minimum absolute atomic E-state index is 0.0717. The molecule has 0 fully saturated rings. The number of rotatable bonds is 8. The summed E-state index contributed by atoms with van der Waals surface area (Å²) in [4.78, 5) is 42.8. The number of hydrogen-bond acceptors (Lipinski definition) is 7. The van der Waals surface area contributed by atoms with E-state index in [-0.39, 0.29) is 28.1 Å². The van der Waals surface area contributed by atoms with E-state index in [2.05, 4.69) is 37.1 Å². The number of benzene rings is 2. The van der Waals surface area contributed by atoms with Gasteiger partial charge in [0.15, 0.2) is 10.3 Å². The van der Waals surface area contributed by atoms with Crippen molar-refractivity contribution in [2.24, 2.45) is 0 Å². The number of hydrogen-bond donors (Lipinski definition) is 1. The van der Waals surface area contributed by atoms with Crippen LogP contribution in [-0.2, 0) is 30.5 Å². The van der Waals surface area contributed by atoms with Gasteiger partial charge in [0, 0.05) is 24.8 Å². The standard InChI is InChI=1S/C14H12Cl2N2O.C13H11N3OS/c15-13-12(14(16)18-9-17-13)8-11(19)7-6-10-4-2-1-3-5-10;17-12-11-13(15-8-14-12)18-10(16-11)7-6-9-4-2-1-3-5-9/h1-5,9H,6-8H2;1-5,8H,6-7H2,(H,14,15,17). The minimum atomic E-state index is -0.165. The number of fused-ring (bicyclic) bond motifs is 1. The zero-order valence-electron chi connectivity index (χ0n) is 19.7. The maximum absolute atomic E-state index is 11.9. The van der Waals surface area contributed by atoms with Gasteiger partial charge in [0.2, 0.25) is 0 Å². The fourth-order valence-corrected chi connectivity index (χ4v) is 4.90. The Bertz CT molecular complexity index is 1500. The molecule has 0 unspecified atom stereocenters. The molecule has 37 heavy (non-hydrogen) atoms. The lowest BCUT2D eigenvalue weighted by Gasteiger charge is -2.04. The van der Waals surface area contributed by atoms with Gasteiger partial charge in [-0.1, -0.05) is 95.2 Å². The van der Waals surface area contributed by atoms with Crippen molar-refractivity contribution in [3.8, 4) is 0 Å². The minimum Gasteiger partial charge on any atom is -0.311 e. The van der Waals surface area contributed by atoms with Gasteiger partial charge in [0.05, 0.1) is 11.3 Å². The summed E-state index contributed by atoms with van der Waals surface area (Å²) in [5.41, 5.74) is 3.20. The van der Waals surface area contributed by atoms with Crippen molar-refractivity contribution in [2.75, 3.05) is 0 Å². The second kappa shape index (κ2) is 13.2. The molecule has 188 valence electrons. The number of ketones is 1. The second-order valence-electron chi connectivity index (χ2n) is 8.11. The molecule has 1 N–H and O–H groups in total. The van der Waals surface area contributed by atoms with E-state index in [0.717, 1.165) is 23.4 Å². The van der Waals surface area contributed by atoms with Crippen LogP contribution < -0.4 is 5.56 Å². The molecule has 0 bridgehead atoms. The highest BCUT2D eigenvalue weighted by atomic mass is 35.5. The number of nitrogens with one attached hydrogen (secondary N) is 1. The maximum Gasteiger partial charge on any atom is 0.278 e. The van der Waals surface area contributed by atoms with Crippen LogP contribution in [-0.4, -0.2) is 30.7 Å². The summed E-state index contributed by atoms with van der Waals surface area (Å²) in [5, 5.41) is 1.44. The number of carbonyl (C=O) groups is 1. The predicted octanol–water partition coefficient (Wildman–Crippen LogP) is 5.69. The number of carbonyl (C=O) groups excluding carboxylic acids is 1. The lowest BCUT2D eigenvalue weighted by atomic mass is 10.0. The number of H-pyrrole nitrogens is 1. The summed E-state index contributed by atoms with van der Waals surface area (Å²) in [6.07, 6.45) is 5.80. The largest absolute Gasteiger partial charge is 0.311 e. The van der Waals surface area contributed by atoms with Crippen molar-refractivity contribution in [1.82, 2.24) is 24.9 Å². The molecule has 7 nitrogen and oxygen atoms in total. The highest BCUT2D eigenvalue weighted by Crippen LogP contribution is 2.21. The molecule has 0 saturated carbocycles. The summed E-state index contributed by atoms with van der Waals surface area (Å²) in [6, 6.07) is 20.1. The average molecular weight is 552 g/mol. The fourth-order valence-electron chi connectivity index (χ4n) is 3.54. The van der Waals surface area contributed by atoms with E-state index in [1.165, 1.54) is 29.6 Å². The molecule has 0 aliphatic heterocycles. The van der Waals surface area contributed by atoms with Crippen molar-refractivity contribution in [2.45, 2.75) is 32.1 Å². The molecule has 3 aromatic heterocycles. The van der Waals surface area contributed by atoms with Gasteiger partial charge in [-0.2, -0.15) is 0 Å². The summed E-state index contributed by atoms with van der Waals surface area (Å²) in [7, 11) is 0. The smallest absolute Gasteiger partial charge is 0.278 e. The van der Waals surface area contributed by atoms with Crippen LogP contribution in [0.25, 0.3) is 10.3 Å². The van der Waals surface area contributed by atoms with E-state index in [1.807, 2.05) is 48.5 Å². The summed E-state index contributed by atoms with van der Waals surface area (Å²) in [6.45, 7) is 0. The van der Waals surface area contributed by atoms with Crippen LogP contribution in [0, 0.1) is 0 Å². The molecular weight excluding hydrogens is 529 g/mol. The summed E-state index contributed by atoms with van der Waals surface area (Å²) < 4.78 is 0. The van der Waals surface area contributed by atoms with Crippen LogP contribution in [0.3, 0.4) is 0 Å². The highest BCUT2D eigenvalue weighted by Gasteiger charge is 2.13. The summed E-state index contributed by atoms with van der Waals surface area (Å²) in [5.74, 6) is 0.0717. The Hall–Kier alpha value is -3.46. The second-order valence-corrected chi connectivity index (χ2v) is 9.89. The van der Waals surface area contributed by atoms with Crippen molar-refractivity contribution < 1.29 is 4.79 Å². The third-order valence-corrected chi connectivity index (χ3v) is 7.14. The number of thiazole rings is 1. The quantitative estimate of drug-likeness (QED) is 0.248. The van der Waals surface area contributed by atoms with E-state index in [1.54, 1.807) is 0 Å². The average Bonchev–Trinajstić information content (AvgIpc) is 3.35. The number of aromatic amines is 1. The number of halogens is 2. The molecule has 0 spiro atoms. The number of aromatic nitrogens is 5. The van der Waals surface area contributed by atoms with E-state index in [9.17, 15) is 9.59 Å². The molecule has 0 atom stereocenters. The molecule has 10 heteroatoms. The molecule has 0 radical (unpaired) electrons. The first-order valence-corrected chi connectivity index (χ1v) is 13.1. The molecule has 5 aromatic rings. The van der Waals surface area contributed by atoms with E-state index in [4.69, 9.17) is 23.2 Å². The Balaban J connectivity index is 0.000000173. The molecule has 0 amide bonds. The number of Topliss-reactive ketones (excluding diaryl/α,β-unsaturated/α-hetero) is 1. The molecule has 5 rings (SSSR count). The van der Waals surface area contributed by atoms with Gasteiger partial charge in [0.1, 0.15) is 22.4 Å². The van der Waals surface area contributed by atoms with Crippen molar-refractivity contribution in [1.29, 1.82) is 0 Å². The van der Waals surface area contributed by atoms with Crippen LogP contribution in [0.5, 0.6) is 0 Å². The van der Waals surface area contributed by atoms with Gasteiger partial charge in [-0.15, -0.1) is 0 Å². The van der Waals surface area contributed by atoms with Crippen molar-refractivity contribution in [3.05, 3.63) is 116 Å². The van der Waals surface area contributed by atoms with Gasteiger partial charge in [-0.05, 0) is 24.0 Å². The van der Waals surface area contributed by atoms with Crippen LogP contribution in [0.4, 0.5) is 0 Å². The Morgan fingerprint density at radius 2 is 1.46 bits per heavy atom. The summed E-state index contributed by atoms with van der Waals surface area (Å²) >= 11 is 13.3. The van der Waals surface area contributed by atoms with Crippen LogP contribution in [0.15, 0.2) is 78.1 Å². The SMILES string of the molecule is O=C(CCc1ccccc1)Cc1c(Cl)ncnc1Cl.O=c1[nH]cnc2sc(CCc3ccccc3)nc12.